The molecule has 0 radical (unpaired) electrons. The highest BCUT2D eigenvalue weighted by atomic mass is 19.1. The van der Waals surface area contributed by atoms with Crippen molar-refractivity contribution < 1.29 is 28.9 Å². The fraction of sp³-hybridized carbons (Fsp3) is 0.333. The molecular formula is C24H26FNO6. The number of aromatic nitrogens is 1. The first-order valence-corrected chi connectivity index (χ1v) is 10.5. The lowest BCUT2D eigenvalue weighted by Crippen LogP contribution is -2.23. The SMILES string of the molecule is CCCOc1ccc(F)c2c(=O)c(-c3ccc(OCCO)cc3)cn(C(CC)C(=O)O)c12. The second-order valence-electron chi connectivity index (χ2n) is 7.26. The minimum atomic E-state index is -1.10. The molecule has 3 aromatic rings. The maximum atomic E-state index is 14.9. The number of rotatable bonds is 10. The maximum Gasteiger partial charge on any atom is 0.326 e. The number of aliphatic carboxylic acids is 1. The number of halogens is 1. The topological polar surface area (TPSA) is 98.0 Å². The lowest BCUT2D eigenvalue weighted by molar-refractivity contribution is -0.140. The summed E-state index contributed by atoms with van der Waals surface area (Å²) in [6.45, 7) is 3.96. The monoisotopic (exact) mass is 443 g/mol. The van der Waals surface area contributed by atoms with Crippen LogP contribution in [0.4, 0.5) is 4.39 Å². The molecule has 1 heterocycles. The number of benzene rings is 2. The normalized spacial score (nSPS) is 12.0. The molecule has 0 spiro atoms. The van der Waals surface area contributed by atoms with Crippen LogP contribution in [0.25, 0.3) is 22.0 Å². The Morgan fingerprint density at radius 3 is 2.41 bits per heavy atom. The molecule has 3 rings (SSSR count). The molecule has 0 aliphatic heterocycles. The molecule has 0 fully saturated rings. The summed E-state index contributed by atoms with van der Waals surface area (Å²) in [5, 5.41) is 18.5. The van der Waals surface area contributed by atoms with E-state index in [1.165, 1.54) is 16.8 Å². The van der Waals surface area contributed by atoms with Crippen molar-refractivity contribution in [3.05, 3.63) is 58.6 Å². The van der Waals surface area contributed by atoms with Crippen molar-refractivity contribution in [2.75, 3.05) is 19.8 Å². The number of nitrogens with zero attached hydrogens (tertiary/aromatic N) is 1. The second kappa shape index (κ2) is 10.3. The van der Waals surface area contributed by atoms with Gasteiger partial charge in [-0.15, -0.1) is 0 Å². The van der Waals surface area contributed by atoms with Crippen LogP contribution in [0.1, 0.15) is 32.7 Å². The van der Waals surface area contributed by atoms with Crippen LogP contribution in [0.2, 0.25) is 0 Å². The van der Waals surface area contributed by atoms with Crippen molar-refractivity contribution >= 4 is 16.9 Å². The molecule has 8 heteroatoms. The Morgan fingerprint density at radius 2 is 1.81 bits per heavy atom. The Bertz CT molecular complexity index is 1160. The fourth-order valence-corrected chi connectivity index (χ4v) is 3.58. The Balaban J connectivity index is 2.29. The van der Waals surface area contributed by atoms with Crippen molar-refractivity contribution in [3.8, 4) is 22.6 Å². The number of carboxylic acids is 1. The van der Waals surface area contributed by atoms with Crippen LogP contribution in [0.5, 0.6) is 11.5 Å². The zero-order valence-electron chi connectivity index (χ0n) is 18.0. The molecule has 1 aromatic heterocycles. The van der Waals surface area contributed by atoms with Crippen LogP contribution in [-0.4, -0.2) is 40.6 Å². The van der Waals surface area contributed by atoms with E-state index in [2.05, 4.69) is 0 Å². The maximum absolute atomic E-state index is 14.9. The molecule has 0 saturated heterocycles. The molecule has 0 aliphatic rings. The van der Waals surface area contributed by atoms with Gasteiger partial charge in [0.05, 0.1) is 24.1 Å². The van der Waals surface area contributed by atoms with Crippen molar-refractivity contribution in [2.45, 2.75) is 32.7 Å². The van der Waals surface area contributed by atoms with E-state index in [9.17, 15) is 19.1 Å². The summed E-state index contributed by atoms with van der Waals surface area (Å²) in [6.07, 6.45) is 2.38. The predicted molar refractivity (Wildman–Crippen MR) is 119 cm³/mol. The van der Waals surface area contributed by atoms with Gasteiger partial charge in [-0.2, -0.15) is 0 Å². The van der Waals surface area contributed by atoms with E-state index >= 15 is 0 Å². The summed E-state index contributed by atoms with van der Waals surface area (Å²) in [6, 6.07) is 8.10. The minimum Gasteiger partial charge on any atom is -0.491 e. The van der Waals surface area contributed by atoms with Crippen LogP contribution in [-0.2, 0) is 4.79 Å². The van der Waals surface area contributed by atoms with Gasteiger partial charge in [0.15, 0.2) is 5.43 Å². The van der Waals surface area contributed by atoms with Crippen molar-refractivity contribution in [1.29, 1.82) is 0 Å². The minimum absolute atomic E-state index is 0.129. The number of aliphatic hydroxyl groups excluding tert-OH is 1. The number of hydrogen-bond acceptors (Lipinski definition) is 5. The van der Waals surface area contributed by atoms with Gasteiger partial charge in [0.2, 0.25) is 0 Å². The zero-order chi connectivity index (χ0) is 23.3. The molecule has 1 atom stereocenters. The van der Waals surface area contributed by atoms with Gasteiger partial charge in [0, 0.05) is 11.8 Å². The van der Waals surface area contributed by atoms with Gasteiger partial charge in [-0.05, 0) is 42.7 Å². The lowest BCUT2D eigenvalue weighted by atomic mass is 10.0. The number of hydrogen-bond donors (Lipinski definition) is 2. The first kappa shape index (κ1) is 23.3. The van der Waals surface area contributed by atoms with Gasteiger partial charge in [0.1, 0.15) is 30.0 Å². The molecule has 0 aliphatic carbocycles. The quantitative estimate of drug-likeness (QED) is 0.492. The van der Waals surface area contributed by atoms with E-state index in [1.807, 2.05) is 6.92 Å². The Kier molecular flexibility index (Phi) is 7.48. The van der Waals surface area contributed by atoms with E-state index in [4.69, 9.17) is 14.6 Å². The van der Waals surface area contributed by atoms with Gasteiger partial charge in [-0.25, -0.2) is 9.18 Å². The Morgan fingerprint density at radius 1 is 1.09 bits per heavy atom. The Hall–Kier alpha value is -3.39. The van der Waals surface area contributed by atoms with Crippen molar-refractivity contribution in [3.63, 3.8) is 0 Å². The number of pyridine rings is 1. The Labute approximate surface area is 184 Å². The van der Waals surface area contributed by atoms with Gasteiger partial charge in [-0.1, -0.05) is 26.0 Å². The number of carboxylic acid groups (broad SMARTS) is 1. The molecule has 2 N–H and O–H groups in total. The summed E-state index contributed by atoms with van der Waals surface area (Å²) < 4.78 is 27.4. The molecule has 170 valence electrons. The van der Waals surface area contributed by atoms with Crippen LogP contribution in [0.15, 0.2) is 47.4 Å². The number of aliphatic hydroxyl groups is 1. The molecule has 0 bridgehead atoms. The van der Waals surface area contributed by atoms with E-state index in [1.54, 1.807) is 31.2 Å². The summed E-state index contributed by atoms with van der Waals surface area (Å²) in [7, 11) is 0. The van der Waals surface area contributed by atoms with Gasteiger partial charge >= 0.3 is 5.97 Å². The van der Waals surface area contributed by atoms with Crippen molar-refractivity contribution in [1.82, 2.24) is 4.57 Å². The molecule has 1 unspecified atom stereocenters. The van der Waals surface area contributed by atoms with Crippen molar-refractivity contribution in [2.24, 2.45) is 0 Å². The number of fused-ring (bicyclic) bond motifs is 1. The molecular weight excluding hydrogens is 417 g/mol. The van der Waals surface area contributed by atoms with E-state index < -0.39 is 23.3 Å². The first-order valence-electron chi connectivity index (χ1n) is 10.5. The van der Waals surface area contributed by atoms with E-state index in [0.29, 0.717) is 24.3 Å². The average molecular weight is 443 g/mol. The average Bonchev–Trinajstić information content (AvgIpc) is 2.79. The van der Waals surface area contributed by atoms with Gasteiger partial charge in [0.25, 0.3) is 0 Å². The van der Waals surface area contributed by atoms with Crippen LogP contribution in [0.3, 0.4) is 0 Å². The highest BCUT2D eigenvalue weighted by molar-refractivity contribution is 5.90. The highest BCUT2D eigenvalue weighted by Gasteiger charge is 2.25. The summed E-state index contributed by atoms with van der Waals surface area (Å²) >= 11 is 0. The van der Waals surface area contributed by atoms with E-state index in [-0.39, 0.29) is 41.9 Å². The predicted octanol–water partition coefficient (Wildman–Crippen LogP) is 4.00. The molecule has 0 saturated carbocycles. The van der Waals surface area contributed by atoms with Crippen LogP contribution in [0, 0.1) is 5.82 Å². The summed E-state index contributed by atoms with van der Waals surface area (Å²) in [5.74, 6) is -1.07. The molecule has 7 nitrogen and oxygen atoms in total. The zero-order valence-corrected chi connectivity index (χ0v) is 18.0. The summed E-state index contributed by atoms with van der Waals surface area (Å²) in [5.41, 5.74) is 0.225. The molecule has 32 heavy (non-hydrogen) atoms. The summed E-state index contributed by atoms with van der Waals surface area (Å²) in [4.78, 5) is 25.3. The van der Waals surface area contributed by atoms with Crippen LogP contribution < -0.4 is 14.9 Å². The third-order valence-corrected chi connectivity index (χ3v) is 5.08. The third-order valence-electron chi connectivity index (χ3n) is 5.08. The number of ether oxygens (including phenoxy) is 2. The van der Waals surface area contributed by atoms with Crippen LogP contribution >= 0.6 is 0 Å². The second-order valence-corrected chi connectivity index (χ2v) is 7.26. The highest BCUT2D eigenvalue weighted by Crippen LogP contribution is 2.32. The van der Waals surface area contributed by atoms with Gasteiger partial charge < -0.3 is 24.3 Å². The smallest absolute Gasteiger partial charge is 0.326 e. The fourth-order valence-electron chi connectivity index (χ4n) is 3.58. The lowest BCUT2D eigenvalue weighted by Gasteiger charge is -2.21. The largest absolute Gasteiger partial charge is 0.491 e. The third kappa shape index (κ3) is 4.60. The number of carbonyl (C=O) groups is 1. The van der Waals surface area contributed by atoms with Gasteiger partial charge in [-0.3, -0.25) is 4.79 Å². The van der Waals surface area contributed by atoms with E-state index in [0.717, 1.165) is 6.07 Å². The molecule has 0 amide bonds. The molecule has 2 aromatic carbocycles. The standard InChI is InChI=1S/C24H26FNO6/c1-3-12-32-20-10-9-18(25)21-22(20)26(19(4-2)24(29)30)14-17(23(21)28)15-5-7-16(8-6-15)31-13-11-27/h5-10,14,19,27H,3-4,11-13H2,1-2H3,(H,29,30). The first-order chi connectivity index (χ1) is 15.4.